The molecule has 6 nitrogen and oxygen atoms in total. The van der Waals surface area contributed by atoms with Crippen LogP contribution in [-0.4, -0.2) is 39.0 Å². The van der Waals surface area contributed by atoms with Crippen molar-refractivity contribution in [2.24, 2.45) is 20.0 Å². The van der Waals surface area contributed by atoms with Gasteiger partial charge in [-0.2, -0.15) is 5.10 Å². The van der Waals surface area contributed by atoms with Gasteiger partial charge in [-0.05, 0) is 18.6 Å². The van der Waals surface area contributed by atoms with E-state index in [1.54, 1.807) is 6.07 Å². The smallest absolute Gasteiger partial charge is 0.151 e. The average Bonchev–Trinajstić information content (AvgIpc) is 3.33. The molecule has 7 heteroatoms. The maximum absolute atomic E-state index is 13.9. The number of imidazole rings is 1. The van der Waals surface area contributed by atoms with Gasteiger partial charge >= 0.3 is 0 Å². The number of hydrogen-bond acceptors (Lipinski definition) is 4. The molecule has 1 N–H and O–H groups in total. The number of rotatable bonds is 6. The minimum Gasteiger partial charge on any atom is -0.373 e. The van der Waals surface area contributed by atoms with Gasteiger partial charge in [0.2, 0.25) is 0 Å². The number of nitrogens with one attached hydrogen (secondary N) is 1. The summed E-state index contributed by atoms with van der Waals surface area (Å²) in [6, 6.07) is 5.08. The molecule has 0 spiro atoms. The molecule has 1 aromatic carbocycles. The molecule has 0 unspecified atom stereocenters. The minimum absolute atomic E-state index is 0.112. The Morgan fingerprint density at radius 1 is 1.35 bits per heavy atom. The molecule has 0 aliphatic carbocycles. The molecule has 0 saturated carbocycles. The molecule has 3 aromatic rings. The second-order valence-electron chi connectivity index (χ2n) is 6.94. The van der Waals surface area contributed by atoms with Crippen molar-refractivity contribution < 1.29 is 9.13 Å². The normalized spacial score (nSPS) is 20.3. The van der Waals surface area contributed by atoms with E-state index in [0.29, 0.717) is 11.4 Å². The van der Waals surface area contributed by atoms with Gasteiger partial charge in [0.1, 0.15) is 11.3 Å². The van der Waals surface area contributed by atoms with Crippen molar-refractivity contribution >= 4 is 11.0 Å². The van der Waals surface area contributed by atoms with Crippen LogP contribution in [0.3, 0.4) is 0 Å². The van der Waals surface area contributed by atoms with Gasteiger partial charge in [0.15, 0.2) is 5.82 Å². The molecule has 2 atom stereocenters. The van der Waals surface area contributed by atoms with Gasteiger partial charge in [-0.25, -0.2) is 9.37 Å². The van der Waals surface area contributed by atoms with Crippen LogP contribution >= 0.6 is 0 Å². The van der Waals surface area contributed by atoms with Crippen LogP contribution < -0.4 is 5.32 Å². The van der Waals surface area contributed by atoms with Crippen molar-refractivity contribution in [2.45, 2.75) is 18.9 Å². The number of hydrogen-bond donors (Lipinski definition) is 1. The zero-order chi connectivity index (χ0) is 18.1. The Morgan fingerprint density at radius 2 is 2.23 bits per heavy atom. The summed E-state index contributed by atoms with van der Waals surface area (Å²) in [5.74, 6) is 1.07. The van der Waals surface area contributed by atoms with Crippen molar-refractivity contribution in [3.8, 4) is 0 Å². The standard InChI is InChI=1S/C19H24FN5O/c1-24-12-14(11-22-24)19-13(7-9-26-19)10-21-8-6-17-23-18-15(20)4-3-5-16(18)25(17)2/h3-5,11-13,19,21H,6-10H2,1-2H3/t13-,19+/m1/s1. The summed E-state index contributed by atoms with van der Waals surface area (Å²) in [4.78, 5) is 4.46. The summed E-state index contributed by atoms with van der Waals surface area (Å²) < 4.78 is 23.5. The van der Waals surface area contributed by atoms with Gasteiger partial charge in [-0.1, -0.05) is 6.07 Å². The lowest BCUT2D eigenvalue weighted by Crippen LogP contribution is -2.27. The predicted molar refractivity (Wildman–Crippen MR) is 97.3 cm³/mol. The second-order valence-corrected chi connectivity index (χ2v) is 6.94. The lowest BCUT2D eigenvalue weighted by Gasteiger charge is -2.17. The molecule has 0 radical (unpaired) electrons. The summed E-state index contributed by atoms with van der Waals surface area (Å²) in [5.41, 5.74) is 2.43. The number of aryl methyl sites for hydroxylation is 2. The number of ether oxygens (including phenoxy) is 1. The number of benzene rings is 1. The first-order chi connectivity index (χ1) is 12.6. The van der Waals surface area contributed by atoms with Crippen LogP contribution in [0, 0.1) is 11.7 Å². The highest BCUT2D eigenvalue weighted by Crippen LogP contribution is 2.33. The first kappa shape index (κ1) is 17.2. The van der Waals surface area contributed by atoms with E-state index >= 15 is 0 Å². The molecule has 1 aliphatic heterocycles. The summed E-state index contributed by atoms with van der Waals surface area (Å²) in [6.07, 6.45) is 5.83. The van der Waals surface area contributed by atoms with Crippen LogP contribution in [-0.2, 0) is 25.3 Å². The largest absolute Gasteiger partial charge is 0.373 e. The Labute approximate surface area is 152 Å². The third kappa shape index (κ3) is 3.24. The first-order valence-corrected chi connectivity index (χ1v) is 9.04. The maximum atomic E-state index is 13.9. The van der Waals surface area contributed by atoms with Crippen LogP contribution in [0.5, 0.6) is 0 Å². The molecular formula is C19H24FN5O. The molecule has 4 rings (SSSR count). The lowest BCUT2D eigenvalue weighted by atomic mass is 9.97. The molecular weight excluding hydrogens is 333 g/mol. The van der Waals surface area contributed by atoms with Crippen LogP contribution in [0.4, 0.5) is 4.39 Å². The SMILES string of the molecule is Cn1cc([C@H]2OCC[C@@H]2CNCCc2nc3c(F)cccc3n2C)cn1. The first-order valence-electron chi connectivity index (χ1n) is 9.04. The zero-order valence-corrected chi connectivity index (χ0v) is 15.2. The number of halogens is 1. The third-order valence-corrected chi connectivity index (χ3v) is 5.15. The third-order valence-electron chi connectivity index (χ3n) is 5.15. The van der Waals surface area contributed by atoms with Gasteiger partial charge in [0.05, 0.1) is 17.8 Å². The fraction of sp³-hybridized carbons (Fsp3) is 0.474. The summed E-state index contributed by atoms with van der Waals surface area (Å²) >= 11 is 0. The predicted octanol–water partition coefficient (Wildman–Crippen LogP) is 2.36. The quantitative estimate of drug-likeness (QED) is 0.688. The lowest BCUT2D eigenvalue weighted by molar-refractivity contribution is 0.0905. The van der Waals surface area contributed by atoms with Gasteiger partial charge in [0.25, 0.3) is 0 Å². The zero-order valence-electron chi connectivity index (χ0n) is 15.2. The Balaban J connectivity index is 1.34. The second kappa shape index (κ2) is 7.17. The Kier molecular flexibility index (Phi) is 4.74. The van der Waals surface area contributed by atoms with Crippen molar-refractivity contribution in [1.29, 1.82) is 0 Å². The molecule has 1 aliphatic rings. The van der Waals surface area contributed by atoms with Crippen molar-refractivity contribution in [1.82, 2.24) is 24.6 Å². The van der Waals surface area contributed by atoms with Crippen LogP contribution in [0.15, 0.2) is 30.6 Å². The highest BCUT2D eigenvalue weighted by molar-refractivity contribution is 5.76. The maximum Gasteiger partial charge on any atom is 0.151 e. The Bertz CT molecular complexity index is 903. The van der Waals surface area contributed by atoms with Crippen molar-refractivity contribution in [3.63, 3.8) is 0 Å². The Morgan fingerprint density at radius 3 is 3.00 bits per heavy atom. The molecule has 1 saturated heterocycles. The monoisotopic (exact) mass is 357 g/mol. The van der Waals surface area contributed by atoms with E-state index in [0.717, 1.165) is 49.4 Å². The number of fused-ring (bicyclic) bond motifs is 1. The highest BCUT2D eigenvalue weighted by Gasteiger charge is 2.30. The summed E-state index contributed by atoms with van der Waals surface area (Å²) in [5, 5.41) is 7.76. The molecule has 138 valence electrons. The van der Waals surface area contributed by atoms with E-state index < -0.39 is 0 Å². The van der Waals surface area contributed by atoms with Gasteiger partial charge < -0.3 is 14.6 Å². The van der Waals surface area contributed by atoms with Crippen LogP contribution in [0.1, 0.15) is 23.9 Å². The fourth-order valence-corrected chi connectivity index (χ4v) is 3.74. The number of nitrogens with zero attached hydrogens (tertiary/aromatic N) is 4. The van der Waals surface area contributed by atoms with E-state index in [4.69, 9.17) is 4.74 Å². The van der Waals surface area contributed by atoms with E-state index in [-0.39, 0.29) is 11.9 Å². The van der Waals surface area contributed by atoms with Gasteiger partial charge in [0, 0.05) is 57.9 Å². The minimum atomic E-state index is -0.264. The van der Waals surface area contributed by atoms with E-state index in [1.165, 1.54) is 6.07 Å². The van der Waals surface area contributed by atoms with E-state index in [2.05, 4.69) is 15.4 Å². The van der Waals surface area contributed by atoms with Crippen LogP contribution in [0.2, 0.25) is 0 Å². The number of aromatic nitrogens is 4. The van der Waals surface area contributed by atoms with Crippen molar-refractivity contribution in [2.75, 3.05) is 19.7 Å². The average molecular weight is 357 g/mol. The molecule has 3 heterocycles. The molecule has 2 aromatic heterocycles. The number of para-hydroxylation sites is 1. The fourth-order valence-electron chi connectivity index (χ4n) is 3.74. The molecule has 26 heavy (non-hydrogen) atoms. The van der Waals surface area contributed by atoms with Gasteiger partial charge in [-0.15, -0.1) is 0 Å². The summed E-state index contributed by atoms with van der Waals surface area (Å²) in [7, 11) is 3.86. The summed E-state index contributed by atoms with van der Waals surface area (Å²) in [6.45, 7) is 2.48. The highest BCUT2D eigenvalue weighted by atomic mass is 19.1. The van der Waals surface area contributed by atoms with Crippen LogP contribution in [0.25, 0.3) is 11.0 Å². The van der Waals surface area contributed by atoms with E-state index in [9.17, 15) is 4.39 Å². The van der Waals surface area contributed by atoms with Crippen molar-refractivity contribution in [3.05, 3.63) is 47.8 Å². The molecule has 0 bridgehead atoms. The van der Waals surface area contributed by atoms with E-state index in [1.807, 2.05) is 41.8 Å². The van der Waals surface area contributed by atoms with Gasteiger partial charge in [-0.3, -0.25) is 4.68 Å². The molecule has 0 amide bonds. The molecule has 1 fully saturated rings. The topological polar surface area (TPSA) is 56.9 Å². The Hall–Kier alpha value is -2.25.